The molecule has 0 saturated heterocycles. The lowest BCUT2D eigenvalue weighted by Gasteiger charge is -2.03. The number of halogens is 1. The highest BCUT2D eigenvalue weighted by Crippen LogP contribution is 2.42. The third kappa shape index (κ3) is 1.28. The molecule has 78 valence electrons. The molecule has 3 rings (SSSR count). The van der Waals surface area contributed by atoms with Gasteiger partial charge in [0.1, 0.15) is 5.82 Å². The van der Waals surface area contributed by atoms with Gasteiger partial charge in [0.25, 0.3) is 0 Å². The van der Waals surface area contributed by atoms with Crippen molar-refractivity contribution in [3.05, 3.63) is 35.3 Å². The fourth-order valence-electron chi connectivity index (χ4n) is 2.32. The van der Waals surface area contributed by atoms with Gasteiger partial charge in [-0.2, -0.15) is 0 Å². The lowest BCUT2D eigenvalue weighted by molar-refractivity contribution is 0.612. The molecule has 0 spiro atoms. The normalized spacial score (nSPS) is 16.2. The van der Waals surface area contributed by atoms with Crippen molar-refractivity contribution in [1.82, 2.24) is 4.57 Å². The van der Waals surface area contributed by atoms with Crippen LogP contribution in [0.4, 0.5) is 4.39 Å². The Labute approximate surface area is 88.5 Å². The Morgan fingerprint density at radius 3 is 2.73 bits per heavy atom. The lowest BCUT2D eigenvalue weighted by Crippen LogP contribution is -1.90. The standard InChI is InChI=1S/C13H14FN/c1-8-7-15(2)13-6-12(14)11(5-10(8)13)9-3-4-9/h5-7,9H,3-4H2,1-2H3. The minimum Gasteiger partial charge on any atom is -0.350 e. The average molecular weight is 203 g/mol. The summed E-state index contributed by atoms with van der Waals surface area (Å²) in [5, 5.41) is 1.20. The fraction of sp³-hybridized carbons (Fsp3) is 0.385. The SMILES string of the molecule is Cc1cn(C)c2cc(F)c(C3CC3)cc12. The van der Waals surface area contributed by atoms with Gasteiger partial charge in [-0.05, 0) is 48.9 Å². The largest absolute Gasteiger partial charge is 0.350 e. The van der Waals surface area contributed by atoms with E-state index in [0.29, 0.717) is 5.92 Å². The van der Waals surface area contributed by atoms with Crippen molar-refractivity contribution in [2.24, 2.45) is 7.05 Å². The van der Waals surface area contributed by atoms with Crippen LogP contribution in [0.15, 0.2) is 18.3 Å². The molecule has 0 aliphatic heterocycles. The van der Waals surface area contributed by atoms with Gasteiger partial charge in [-0.3, -0.25) is 0 Å². The molecule has 1 heterocycles. The van der Waals surface area contributed by atoms with Crippen LogP contribution >= 0.6 is 0 Å². The van der Waals surface area contributed by atoms with E-state index in [1.165, 1.54) is 10.9 Å². The summed E-state index contributed by atoms with van der Waals surface area (Å²) in [5.41, 5.74) is 3.14. The second kappa shape index (κ2) is 2.84. The Kier molecular flexibility index (Phi) is 1.70. The molecule has 1 saturated carbocycles. The molecule has 15 heavy (non-hydrogen) atoms. The predicted octanol–water partition coefficient (Wildman–Crippen LogP) is 3.50. The molecule has 0 N–H and O–H groups in total. The van der Waals surface area contributed by atoms with Crippen LogP contribution in [0, 0.1) is 12.7 Å². The summed E-state index contributed by atoms with van der Waals surface area (Å²) < 4.78 is 15.8. The van der Waals surface area contributed by atoms with Gasteiger partial charge in [0.2, 0.25) is 0 Å². The van der Waals surface area contributed by atoms with Gasteiger partial charge in [0.15, 0.2) is 0 Å². The van der Waals surface area contributed by atoms with E-state index in [0.717, 1.165) is 23.9 Å². The van der Waals surface area contributed by atoms with Crippen molar-refractivity contribution >= 4 is 10.9 Å². The Hall–Kier alpha value is -1.31. The maximum absolute atomic E-state index is 13.8. The number of benzene rings is 1. The average Bonchev–Trinajstić information content (AvgIpc) is 2.96. The van der Waals surface area contributed by atoms with Crippen molar-refractivity contribution in [3.63, 3.8) is 0 Å². The van der Waals surface area contributed by atoms with Gasteiger partial charge in [-0.25, -0.2) is 4.39 Å². The summed E-state index contributed by atoms with van der Waals surface area (Å²) in [6.45, 7) is 2.08. The predicted molar refractivity (Wildman–Crippen MR) is 59.6 cm³/mol. The molecule has 1 aromatic carbocycles. The zero-order chi connectivity index (χ0) is 10.6. The molecule has 1 aliphatic carbocycles. The van der Waals surface area contributed by atoms with Gasteiger partial charge in [-0.1, -0.05) is 0 Å². The topological polar surface area (TPSA) is 4.93 Å². The van der Waals surface area contributed by atoms with E-state index in [1.54, 1.807) is 6.07 Å². The number of hydrogen-bond donors (Lipinski definition) is 0. The summed E-state index contributed by atoms with van der Waals surface area (Å²) >= 11 is 0. The van der Waals surface area contributed by atoms with Crippen LogP contribution in [0.2, 0.25) is 0 Å². The maximum atomic E-state index is 13.8. The fourth-order valence-corrected chi connectivity index (χ4v) is 2.32. The van der Waals surface area contributed by atoms with Crippen LogP contribution in [-0.2, 0) is 7.05 Å². The van der Waals surface area contributed by atoms with Crippen molar-refractivity contribution in [1.29, 1.82) is 0 Å². The van der Waals surface area contributed by atoms with Gasteiger partial charge < -0.3 is 4.57 Å². The summed E-state index contributed by atoms with van der Waals surface area (Å²) in [7, 11) is 1.96. The molecule has 0 radical (unpaired) electrons. The summed E-state index contributed by atoms with van der Waals surface area (Å²) in [6.07, 6.45) is 4.35. The molecule has 1 aromatic heterocycles. The van der Waals surface area contributed by atoms with E-state index >= 15 is 0 Å². The summed E-state index contributed by atoms with van der Waals surface area (Å²) in [5.74, 6) is 0.445. The monoisotopic (exact) mass is 203 g/mol. The Balaban J connectivity index is 2.32. The quantitative estimate of drug-likeness (QED) is 0.668. The number of aryl methyl sites for hydroxylation is 2. The molecular formula is C13H14FN. The highest BCUT2D eigenvalue weighted by molar-refractivity contribution is 5.84. The molecule has 2 aromatic rings. The smallest absolute Gasteiger partial charge is 0.128 e. The zero-order valence-corrected chi connectivity index (χ0v) is 9.05. The third-order valence-electron chi connectivity index (χ3n) is 3.32. The number of rotatable bonds is 1. The van der Waals surface area contributed by atoms with Crippen LogP contribution in [0.25, 0.3) is 10.9 Å². The van der Waals surface area contributed by atoms with E-state index < -0.39 is 0 Å². The van der Waals surface area contributed by atoms with Crippen molar-refractivity contribution < 1.29 is 4.39 Å². The highest BCUT2D eigenvalue weighted by atomic mass is 19.1. The van der Waals surface area contributed by atoms with Gasteiger partial charge >= 0.3 is 0 Å². The molecule has 0 bridgehead atoms. The maximum Gasteiger partial charge on any atom is 0.128 e. The highest BCUT2D eigenvalue weighted by Gasteiger charge is 2.27. The molecule has 2 heteroatoms. The third-order valence-corrected chi connectivity index (χ3v) is 3.32. The number of nitrogens with zero attached hydrogens (tertiary/aromatic N) is 1. The van der Waals surface area contributed by atoms with Gasteiger partial charge in [0, 0.05) is 18.6 Å². The second-order valence-corrected chi connectivity index (χ2v) is 4.59. The molecular weight excluding hydrogens is 189 g/mol. The Morgan fingerprint density at radius 2 is 2.07 bits per heavy atom. The van der Waals surface area contributed by atoms with Crippen LogP contribution in [0.1, 0.15) is 29.9 Å². The first kappa shape index (κ1) is 8.96. The van der Waals surface area contributed by atoms with E-state index in [2.05, 4.69) is 13.1 Å². The second-order valence-electron chi connectivity index (χ2n) is 4.59. The number of aromatic nitrogens is 1. The van der Waals surface area contributed by atoms with Gasteiger partial charge in [-0.15, -0.1) is 0 Å². The van der Waals surface area contributed by atoms with E-state index in [1.807, 2.05) is 17.7 Å². The molecule has 0 unspecified atom stereocenters. The molecule has 0 atom stereocenters. The Morgan fingerprint density at radius 1 is 1.33 bits per heavy atom. The van der Waals surface area contributed by atoms with Crippen LogP contribution in [-0.4, -0.2) is 4.57 Å². The van der Waals surface area contributed by atoms with Crippen molar-refractivity contribution in [2.45, 2.75) is 25.7 Å². The van der Waals surface area contributed by atoms with Crippen LogP contribution < -0.4 is 0 Å². The van der Waals surface area contributed by atoms with Gasteiger partial charge in [0.05, 0.1) is 5.52 Å². The minimum absolute atomic E-state index is 0.0359. The summed E-state index contributed by atoms with van der Waals surface area (Å²) in [6, 6.07) is 3.72. The van der Waals surface area contributed by atoms with Crippen LogP contribution in [0.3, 0.4) is 0 Å². The molecule has 1 fully saturated rings. The first-order chi connectivity index (χ1) is 7.16. The minimum atomic E-state index is -0.0359. The number of fused-ring (bicyclic) bond motifs is 1. The first-order valence-electron chi connectivity index (χ1n) is 5.42. The first-order valence-corrected chi connectivity index (χ1v) is 5.42. The Bertz CT molecular complexity index is 535. The number of hydrogen-bond acceptors (Lipinski definition) is 0. The zero-order valence-electron chi connectivity index (χ0n) is 9.05. The van der Waals surface area contributed by atoms with E-state index in [9.17, 15) is 4.39 Å². The van der Waals surface area contributed by atoms with Crippen molar-refractivity contribution in [3.8, 4) is 0 Å². The van der Waals surface area contributed by atoms with Crippen molar-refractivity contribution in [2.75, 3.05) is 0 Å². The molecule has 0 amide bonds. The molecule has 1 aliphatic rings. The lowest BCUT2D eigenvalue weighted by atomic mass is 10.1. The molecule has 1 nitrogen and oxygen atoms in total. The van der Waals surface area contributed by atoms with Crippen LogP contribution in [0.5, 0.6) is 0 Å². The van der Waals surface area contributed by atoms with E-state index in [4.69, 9.17) is 0 Å². The summed E-state index contributed by atoms with van der Waals surface area (Å²) in [4.78, 5) is 0. The van der Waals surface area contributed by atoms with E-state index in [-0.39, 0.29) is 5.82 Å².